The van der Waals surface area contributed by atoms with E-state index in [1.54, 1.807) is 0 Å². The molecule has 5 nitrogen and oxygen atoms in total. The van der Waals surface area contributed by atoms with E-state index in [-0.39, 0.29) is 17.9 Å². The summed E-state index contributed by atoms with van der Waals surface area (Å²) in [6.45, 7) is 5.50. The summed E-state index contributed by atoms with van der Waals surface area (Å²) < 4.78 is 9.96. The molecule has 0 aromatic rings. The van der Waals surface area contributed by atoms with Gasteiger partial charge in [-0.15, -0.1) is 0 Å². The average Bonchev–Trinajstić information content (AvgIpc) is 2.29. The molecule has 0 bridgehead atoms. The number of carbonyl (C=O) groups is 2. The molecule has 1 rings (SSSR count). The van der Waals surface area contributed by atoms with Crippen molar-refractivity contribution in [1.29, 1.82) is 0 Å². The number of hydrogen-bond donors (Lipinski definition) is 1. The minimum Gasteiger partial charge on any atom is -0.469 e. The van der Waals surface area contributed by atoms with E-state index in [1.807, 2.05) is 20.8 Å². The molecule has 110 valence electrons. The third-order valence-corrected chi connectivity index (χ3v) is 3.27. The zero-order chi connectivity index (χ0) is 14.5. The molecule has 0 unspecified atom stereocenters. The molecule has 1 saturated carbocycles. The monoisotopic (exact) mass is 271 g/mol. The first-order chi connectivity index (χ1) is 8.81. The highest BCUT2D eigenvalue weighted by atomic mass is 16.6. The Balaban J connectivity index is 2.52. The number of methoxy groups -OCH3 is 1. The molecule has 5 heteroatoms. The van der Waals surface area contributed by atoms with Crippen LogP contribution in [0.4, 0.5) is 4.79 Å². The van der Waals surface area contributed by atoms with Crippen LogP contribution in [0.25, 0.3) is 0 Å². The standard InChI is InChI=1S/C14H25NO4/c1-14(2,3)19-13(17)15-11-8-6-5-7-10(11)9-12(16)18-4/h10-11H,5-9H2,1-4H3,(H,15,17)/t10-,11-/m0/s1. The first kappa shape index (κ1) is 15.8. The lowest BCUT2D eigenvalue weighted by Crippen LogP contribution is -2.45. The zero-order valence-corrected chi connectivity index (χ0v) is 12.3. The van der Waals surface area contributed by atoms with Crippen molar-refractivity contribution in [2.45, 2.75) is 64.5 Å². The number of hydrogen-bond acceptors (Lipinski definition) is 4. The number of ether oxygens (including phenoxy) is 2. The van der Waals surface area contributed by atoms with Gasteiger partial charge in [0.2, 0.25) is 0 Å². The third kappa shape index (κ3) is 5.94. The predicted octanol–water partition coefficient (Wildman–Crippen LogP) is 2.63. The molecule has 0 aromatic carbocycles. The molecule has 0 spiro atoms. The van der Waals surface area contributed by atoms with Gasteiger partial charge in [-0.25, -0.2) is 4.79 Å². The highest BCUT2D eigenvalue weighted by Gasteiger charge is 2.30. The summed E-state index contributed by atoms with van der Waals surface area (Å²) in [7, 11) is 1.39. The summed E-state index contributed by atoms with van der Waals surface area (Å²) in [5, 5.41) is 2.89. The number of rotatable bonds is 3. The van der Waals surface area contributed by atoms with Gasteiger partial charge in [-0.1, -0.05) is 12.8 Å². The smallest absolute Gasteiger partial charge is 0.407 e. The lowest BCUT2D eigenvalue weighted by atomic mass is 9.82. The van der Waals surface area contributed by atoms with Crippen molar-refractivity contribution >= 4 is 12.1 Å². The molecular weight excluding hydrogens is 246 g/mol. The fraction of sp³-hybridized carbons (Fsp3) is 0.857. The molecule has 2 atom stereocenters. The Kier molecular flexibility index (Phi) is 5.63. The van der Waals surface area contributed by atoms with Gasteiger partial charge in [-0.3, -0.25) is 4.79 Å². The summed E-state index contributed by atoms with van der Waals surface area (Å²) in [4.78, 5) is 23.2. The highest BCUT2D eigenvalue weighted by molar-refractivity contribution is 5.70. The van der Waals surface area contributed by atoms with E-state index in [9.17, 15) is 9.59 Å². The second kappa shape index (κ2) is 6.78. The van der Waals surface area contributed by atoms with Crippen molar-refractivity contribution in [1.82, 2.24) is 5.32 Å². The van der Waals surface area contributed by atoms with Gasteiger partial charge in [0, 0.05) is 6.04 Å². The van der Waals surface area contributed by atoms with Gasteiger partial charge >= 0.3 is 12.1 Å². The maximum absolute atomic E-state index is 11.8. The van der Waals surface area contributed by atoms with E-state index in [1.165, 1.54) is 7.11 Å². The Hall–Kier alpha value is -1.26. The van der Waals surface area contributed by atoms with Crippen molar-refractivity contribution in [3.05, 3.63) is 0 Å². The Labute approximate surface area is 115 Å². The maximum atomic E-state index is 11.8. The van der Waals surface area contributed by atoms with Gasteiger partial charge in [0.15, 0.2) is 0 Å². The van der Waals surface area contributed by atoms with E-state index in [0.29, 0.717) is 6.42 Å². The van der Waals surface area contributed by atoms with Crippen molar-refractivity contribution in [3.8, 4) is 0 Å². The minimum absolute atomic E-state index is 0.00250. The molecule has 1 aliphatic carbocycles. The number of carbonyl (C=O) groups excluding carboxylic acids is 2. The van der Waals surface area contributed by atoms with Crippen LogP contribution in [-0.4, -0.2) is 30.8 Å². The van der Waals surface area contributed by atoms with Crippen LogP contribution in [0.5, 0.6) is 0 Å². The van der Waals surface area contributed by atoms with Crippen LogP contribution >= 0.6 is 0 Å². The van der Waals surface area contributed by atoms with Crippen molar-refractivity contribution < 1.29 is 19.1 Å². The van der Waals surface area contributed by atoms with E-state index >= 15 is 0 Å². The normalized spacial score (nSPS) is 23.6. The van der Waals surface area contributed by atoms with Crippen molar-refractivity contribution in [3.63, 3.8) is 0 Å². The molecule has 0 saturated heterocycles. The van der Waals surface area contributed by atoms with Gasteiger partial charge < -0.3 is 14.8 Å². The quantitative estimate of drug-likeness (QED) is 0.801. The second-order valence-corrected chi connectivity index (χ2v) is 6.08. The van der Waals surface area contributed by atoms with Crippen LogP contribution in [-0.2, 0) is 14.3 Å². The Bertz CT molecular complexity index is 322. The molecule has 0 aliphatic heterocycles. The fourth-order valence-corrected chi connectivity index (χ4v) is 2.40. The number of esters is 1. The Morgan fingerprint density at radius 1 is 1.21 bits per heavy atom. The summed E-state index contributed by atoms with van der Waals surface area (Å²) in [5.74, 6) is -0.0726. The number of nitrogens with one attached hydrogen (secondary N) is 1. The molecule has 0 aromatic heterocycles. The highest BCUT2D eigenvalue weighted by Crippen LogP contribution is 2.27. The van der Waals surface area contributed by atoms with E-state index in [2.05, 4.69) is 5.32 Å². The minimum atomic E-state index is -0.503. The topological polar surface area (TPSA) is 64.6 Å². The molecule has 1 amide bonds. The van der Waals surface area contributed by atoms with Gasteiger partial charge in [0.1, 0.15) is 5.60 Å². The van der Waals surface area contributed by atoms with Gasteiger partial charge in [0.05, 0.1) is 13.5 Å². The molecule has 19 heavy (non-hydrogen) atoms. The molecule has 1 aliphatic rings. The molecular formula is C14H25NO4. The van der Waals surface area contributed by atoms with E-state index in [0.717, 1.165) is 25.7 Å². The summed E-state index contributed by atoms with van der Waals surface area (Å²) in [6, 6.07) is 0.00250. The van der Waals surface area contributed by atoms with E-state index < -0.39 is 11.7 Å². The molecule has 1 fully saturated rings. The first-order valence-electron chi connectivity index (χ1n) is 6.88. The Morgan fingerprint density at radius 3 is 2.42 bits per heavy atom. The third-order valence-electron chi connectivity index (χ3n) is 3.27. The summed E-state index contributed by atoms with van der Waals surface area (Å²) in [6.07, 6.45) is 3.94. The predicted molar refractivity (Wildman–Crippen MR) is 71.7 cm³/mol. The SMILES string of the molecule is COC(=O)C[C@@H]1CCCC[C@@H]1NC(=O)OC(C)(C)C. The van der Waals surface area contributed by atoms with Crippen molar-refractivity contribution in [2.24, 2.45) is 5.92 Å². The summed E-state index contributed by atoms with van der Waals surface area (Å²) in [5.41, 5.74) is -0.503. The number of amides is 1. The fourth-order valence-electron chi connectivity index (χ4n) is 2.40. The van der Waals surface area contributed by atoms with Crippen LogP contribution in [0, 0.1) is 5.92 Å². The first-order valence-corrected chi connectivity index (χ1v) is 6.88. The van der Waals surface area contributed by atoms with Crippen LogP contribution in [0.1, 0.15) is 52.9 Å². The molecule has 0 radical (unpaired) electrons. The van der Waals surface area contributed by atoms with Gasteiger partial charge in [0.25, 0.3) is 0 Å². The largest absolute Gasteiger partial charge is 0.469 e. The molecule has 1 N–H and O–H groups in total. The number of alkyl carbamates (subject to hydrolysis) is 1. The van der Waals surface area contributed by atoms with Crippen LogP contribution < -0.4 is 5.32 Å². The molecule has 0 heterocycles. The maximum Gasteiger partial charge on any atom is 0.407 e. The van der Waals surface area contributed by atoms with Crippen LogP contribution in [0.2, 0.25) is 0 Å². The zero-order valence-electron chi connectivity index (χ0n) is 12.3. The van der Waals surface area contributed by atoms with Crippen molar-refractivity contribution in [2.75, 3.05) is 7.11 Å². The second-order valence-electron chi connectivity index (χ2n) is 6.08. The lowest BCUT2D eigenvalue weighted by Gasteiger charge is -2.32. The van der Waals surface area contributed by atoms with Gasteiger partial charge in [-0.2, -0.15) is 0 Å². The average molecular weight is 271 g/mol. The van der Waals surface area contributed by atoms with Gasteiger partial charge in [-0.05, 0) is 39.5 Å². The lowest BCUT2D eigenvalue weighted by molar-refractivity contribution is -0.142. The Morgan fingerprint density at radius 2 is 1.84 bits per heavy atom. The summed E-state index contributed by atoms with van der Waals surface area (Å²) >= 11 is 0. The van der Waals surface area contributed by atoms with E-state index in [4.69, 9.17) is 9.47 Å². The van der Waals surface area contributed by atoms with Crippen LogP contribution in [0.3, 0.4) is 0 Å². The van der Waals surface area contributed by atoms with Crippen LogP contribution in [0.15, 0.2) is 0 Å².